The van der Waals surface area contributed by atoms with Gasteiger partial charge in [0, 0.05) is 42.8 Å². The van der Waals surface area contributed by atoms with Gasteiger partial charge in [-0.2, -0.15) is 0 Å². The van der Waals surface area contributed by atoms with E-state index in [1.54, 1.807) is 12.1 Å². The number of fused-ring (bicyclic) bond motifs is 1. The second-order valence-electron chi connectivity index (χ2n) is 18.2. The van der Waals surface area contributed by atoms with E-state index < -0.39 is 6.85 Å². The fraction of sp³-hybridized carbons (Fsp3) is 0.186. The van der Waals surface area contributed by atoms with E-state index in [0.717, 1.165) is 72.4 Å². The monoisotopic (exact) mass is 1020 g/mol. The quantitative estimate of drug-likeness (QED) is 0.147. The zero-order valence-electron chi connectivity index (χ0n) is 40.3. The summed E-state index contributed by atoms with van der Waals surface area (Å²) in [6.07, 6.45) is 1.86. The van der Waals surface area contributed by atoms with Crippen LogP contribution in [-0.2, 0) is 26.5 Å². The predicted molar refractivity (Wildman–Crippen MR) is 264 cm³/mol. The molecule has 0 saturated carbocycles. The Kier molecular flexibility index (Phi) is 11.4. The summed E-state index contributed by atoms with van der Waals surface area (Å²) < 4.78 is 27.8. The minimum Gasteiger partial charge on any atom is -0.507 e. The van der Waals surface area contributed by atoms with Crippen molar-refractivity contribution in [2.24, 2.45) is 0 Å². The fourth-order valence-corrected chi connectivity index (χ4v) is 8.45. The number of hydrogen-bond acceptors (Lipinski definition) is 3. The molecule has 0 unspecified atom stereocenters. The molecule has 0 saturated heterocycles. The van der Waals surface area contributed by atoms with Gasteiger partial charge in [-0.1, -0.05) is 175 Å². The zero-order valence-corrected chi connectivity index (χ0v) is 39.6. The molecule has 0 radical (unpaired) electrons. The number of aryl methyl sites for hydroxylation is 1. The maximum atomic E-state index is 12.2. The van der Waals surface area contributed by atoms with E-state index in [9.17, 15) is 5.11 Å². The van der Waals surface area contributed by atoms with Crippen LogP contribution in [0.25, 0.3) is 83.9 Å². The minimum absolute atomic E-state index is 0. The third-order valence-electron chi connectivity index (χ3n) is 12.0. The fourth-order valence-electron chi connectivity index (χ4n) is 8.45. The van der Waals surface area contributed by atoms with Crippen LogP contribution in [0.15, 0.2) is 164 Å². The number of nitrogens with zero attached hydrogens (tertiary/aromatic N) is 3. The summed E-state index contributed by atoms with van der Waals surface area (Å²) in [4.78, 5) is 10.4. The summed E-state index contributed by atoms with van der Waals surface area (Å²) in [5.41, 5.74) is 15.2. The first kappa shape index (κ1) is 40.4. The Hall–Kier alpha value is -6.35. The van der Waals surface area contributed by atoms with Gasteiger partial charge in [0.05, 0.1) is 16.6 Å². The number of phenols is 1. The van der Waals surface area contributed by atoms with Crippen molar-refractivity contribution in [3.63, 3.8) is 0 Å². The SMILES string of the molecule is [2H]C([2H])([2H])c1cc(-c2ccccc2)cc(-n2c(-c3cc(C(C)C)cc(C(C)C)c3O)nc3c(-c4[c-]c(-c5cc(-c6ccc(-c7ccccc7)cc6)ccn5)cc(C(C)(C)C)c4)cccc32)c1.[Pt]. The molecule has 0 aliphatic rings. The van der Waals surface area contributed by atoms with Crippen LogP contribution in [0.1, 0.15) is 86.7 Å². The van der Waals surface area contributed by atoms with Crippen LogP contribution in [-0.4, -0.2) is 19.6 Å². The molecule has 5 heteroatoms. The topological polar surface area (TPSA) is 50.9 Å². The Morgan fingerprint density at radius 3 is 1.89 bits per heavy atom. The van der Waals surface area contributed by atoms with Crippen LogP contribution in [0, 0.1) is 12.9 Å². The molecule has 0 amide bonds. The first-order valence-corrected chi connectivity index (χ1v) is 21.8. The first-order chi connectivity index (χ1) is 31.5. The molecule has 1 N–H and O–H groups in total. The Morgan fingerprint density at radius 2 is 1.25 bits per heavy atom. The van der Waals surface area contributed by atoms with Gasteiger partial charge in [-0.05, 0) is 105 Å². The molecule has 4 nitrogen and oxygen atoms in total. The Bertz CT molecular complexity index is 3220. The summed E-state index contributed by atoms with van der Waals surface area (Å²) in [5.74, 6) is 0.883. The van der Waals surface area contributed by atoms with Gasteiger partial charge < -0.3 is 5.11 Å². The van der Waals surface area contributed by atoms with Gasteiger partial charge in [-0.25, -0.2) is 4.98 Å². The molecule has 0 aliphatic carbocycles. The average molecular weight is 1020 g/mol. The molecule has 0 spiro atoms. The Morgan fingerprint density at radius 1 is 0.609 bits per heavy atom. The molecule has 9 aromatic rings. The smallest absolute Gasteiger partial charge is 0.148 e. The van der Waals surface area contributed by atoms with E-state index in [1.807, 2.05) is 77.5 Å². The van der Waals surface area contributed by atoms with E-state index in [4.69, 9.17) is 14.1 Å². The van der Waals surface area contributed by atoms with Gasteiger partial charge >= 0.3 is 0 Å². The van der Waals surface area contributed by atoms with Crippen molar-refractivity contribution in [3.05, 3.63) is 192 Å². The van der Waals surface area contributed by atoms with Crippen LogP contribution in [0.4, 0.5) is 0 Å². The molecule has 64 heavy (non-hydrogen) atoms. The van der Waals surface area contributed by atoms with Crippen LogP contribution < -0.4 is 0 Å². The van der Waals surface area contributed by atoms with Crippen molar-refractivity contribution in [1.82, 2.24) is 14.5 Å². The number of aromatic hydroxyl groups is 1. The van der Waals surface area contributed by atoms with Gasteiger partial charge in [-0.3, -0.25) is 9.55 Å². The molecule has 9 rings (SSSR count). The predicted octanol–water partition coefficient (Wildman–Crippen LogP) is 15.8. The Balaban J connectivity index is 0.00000608. The third kappa shape index (κ3) is 8.77. The maximum Gasteiger partial charge on any atom is 0.148 e. The Labute approximate surface area is 397 Å². The number of para-hydroxylation sites is 1. The zero-order chi connectivity index (χ0) is 46.5. The van der Waals surface area contributed by atoms with Crippen LogP contribution in [0.3, 0.4) is 0 Å². The minimum atomic E-state index is -2.39. The van der Waals surface area contributed by atoms with Gasteiger partial charge in [0.15, 0.2) is 0 Å². The molecule has 322 valence electrons. The number of hydrogen-bond donors (Lipinski definition) is 1. The van der Waals surface area contributed by atoms with E-state index in [1.165, 1.54) is 5.56 Å². The first-order valence-electron chi connectivity index (χ1n) is 23.3. The number of imidazole rings is 1. The number of rotatable bonds is 9. The third-order valence-corrected chi connectivity index (χ3v) is 12.0. The second kappa shape index (κ2) is 18.0. The number of pyridine rings is 1. The number of phenolic OH excluding ortho intramolecular Hbond substituents is 1. The van der Waals surface area contributed by atoms with E-state index >= 15 is 0 Å². The molecule has 0 aliphatic heterocycles. The largest absolute Gasteiger partial charge is 0.507 e. The molecule has 0 fully saturated rings. The van der Waals surface area contributed by atoms with Crippen molar-refractivity contribution < 1.29 is 30.3 Å². The van der Waals surface area contributed by atoms with Crippen molar-refractivity contribution in [3.8, 4) is 78.6 Å². The summed E-state index contributed by atoms with van der Waals surface area (Å²) >= 11 is 0. The van der Waals surface area contributed by atoms with Crippen LogP contribution in [0.2, 0.25) is 0 Å². The van der Waals surface area contributed by atoms with Crippen molar-refractivity contribution >= 4 is 11.0 Å². The molecule has 2 aromatic heterocycles. The van der Waals surface area contributed by atoms with E-state index in [-0.39, 0.29) is 49.6 Å². The standard InChI is InChI=1S/C59H54N3O.Pt/c1-37(2)45-34-52(38(3)4)57(63)53(35-45)58-61-56-51(20-15-21-55(56)62(58)50-29-39(5)28-46(33-50)41-18-13-10-14-19-41)47-30-48(32-49(31-47)59(6,7)8)54-36-44(26-27-60-54)43-24-22-42(23-25-43)40-16-11-9-12-17-40;/h9-29,31-38,63H,1-8H3;/q-1;/i5D3;. The van der Waals surface area contributed by atoms with Crippen molar-refractivity contribution in [1.29, 1.82) is 0 Å². The second-order valence-corrected chi connectivity index (χ2v) is 18.2. The summed E-state index contributed by atoms with van der Waals surface area (Å²) in [5, 5.41) is 12.2. The molecule has 0 atom stereocenters. The maximum absolute atomic E-state index is 12.2. The average Bonchev–Trinajstić information content (AvgIpc) is 3.71. The van der Waals surface area contributed by atoms with E-state index in [2.05, 4.69) is 133 Å². The molecule has 7 aromatic carbocycles. The summed E-state index contributed by atoms with van der Waals surface area (Å²) in [6, 6.07) is 57.0. The van der Waals surface area contributed by atoms with Gasteiger partial charge in [-0.15, -0.1) is 29.3 Å². The summed E-state index contributed by atoms with van der Waals surface area (Å²) in [6.45, 7) is 12.7. The van der Waals surface area contributed by atoms with Gasteiger partial charge in [0.25, 0.3) is 0 Å². The van der Waals surface area contributed by atoms with Crippen LogP contribution >= 0.6 is 0 Å². The molecular weight excluding hydrogens is 962 g/mol. The molecular formula is C59H54N3OPt-. The number of benzene rings is 7. The van der Waals surface area contributed by atoms with Gasteiger partial charge in [0.2, 0.25) is 0 Å². The summed E-state index contributed by atoms with van der Waals surface area (Å²) in [7, 11) is 0. The van der Waals surface area contributed by atoms with Crippen molar-refractivity contribution in [2.75, 3.05) is 0 Å². The molecule has 2 heterocycles. The normalized spacial score (nSPS) is 12.5. The van der Waals surface area contributed by atoms with Crippen LogP contribution in [0.5, 0.6) is 5.75 Å². The van der Waals surface area contributed by atoms with Crippen molar-refractivity contribution in [2.45, 2.75) is 72.6 Å². The van der Waals surface area contributed by atoms with E-state index in [0.29, 0.717) is 22.6 Å². The number of aromatic nitrogens is 3. The van der Waals surface area contributed by atoms with Gasteiger partial charge in [0.1, 0.15) is 11.6 Å². The molecule has 0 bridgehead atoms.